The maximum atomic E-state index is 12.4. The molecule has 1 aliphatic heterocycles. The summed E-state index contributed by atoms with van der Waals surface area (Å²) in [6, 6.07) is 7.88. The minimum absolute atomic E-state index is 0. The van der Waals surface area contributed by atoms with E-state index in [9.17, 15) is 4.79 Å². The Bertz CT molecular complexity index is 680. The van der Waals surface area contributed by atoms with Gasteiger partial charge in [-0.15, -0.1) is 36.2 Å². The SMILES string of the molecule is CC1CNCCN1C(=O)Cc1csc(-c2ccccc2Cl)n1.Cl.Cl. The lowest BCUT2D eigenvalue weighted by Crippen LogP contribution is -2.52. The summed E-state index contributed by atoms with van der Waals surface area (Å²) >= 11 is 7.73. The van der Waals surface area contributed by atoms with Crippen LogP contribution >= 0.6 is 47.8 Å². The first-order valence-corrected chi connectivity index (χ1v) is 8.60. The van der Waals surface area contributed by atoms with Gasteiger partial charge in [-0.05, 0) is 13.0 Å². The zero-order valence-corrected chi connectivity index (χ0v) is 16.4. The number of aromatic nitrogens is 1. The number of carbonyl (C=O) groups is 1. The maximum Gasteiger partial charge on any atom is 0.228 e. The van der Waals surface area contributed by atoms with Gasteiger partial charge in [0.05, 0.1) is 17.1 Å². The first kappa shape index (κ1) is 21.2. The number of benzene rings is 1. The van der Waals surface area contributed by atoms with E-state index in [2.05, 4.69) is 17.2 Å². The van der Waals surface area contributed by atoms with Gasteiger partial charge in [0, 0.05) is 36.6 Å². The smallest absolute Gasteiger partial charge is 0.228 e. The predicted octanol–water partition coefficient (Wildman–Crippen LogP) is 3.67. The molecule has 0 radical (unpaired) electrons. The number of carbonyl (C=O) groups excluding carboxylic acids is 1. The average molecular weight is 409 g/mol. The van der Waals surface area contributed by atoms with Crippen molar-refractivity contribution in [2.45, 2.75) is 19.4 Å². The van der Waals surface area contributed by atoms with E-state index in [4.69, 9.17) is 11.6 Å². The summed E-state index contributed by atoms with van der Waals surface area (Å²) in [5.41, 5.74) is 1.74. The second-order valence-electron chi connectivity index (χ2n) is 5.44. The largest absolute Gasteiger partial charge is 0.337 e. The van der Waals surface area contributed by atoms with Crippen LogP contribution in [0.2, 0.25) is 5.02 Å². The third-order valence-electron chi connectivity index (χ3n) is 3.81. The second-order valence-corrected chi connectivity index (χ2v) is 6.71. The molecule has 1 atom stereocenters. The number of piperazine rings is 1. The molecule has 1 fully saturated rings. The van der Waals surface area contributed by atoms with Crippen molar-refractivity contribution in [3.63, 3.8) is 0 Å². The number of halogens is 3. The van der Waals surface area contributed by atoms with Crippen molar-refractivity contribution < 1.29 is 4.79 Å². The number of nitrogens with one attached hydrogen (secondary N) is 1. The Balaban J connectivity index is 0.00000144. The summed E-state index contributed by atoms with van der Waals surface area (Å²) in [5, 5.41) is 6.79. The topological polar surface area (TPSA) is 45.2 Å². The number of hydrogen-bond donors (Lipinski definition) is 1. The third kappa shape index (κ3) is 4.83. The third-order valence-corrected chi connectivity index (χ3v) is 5.06. The number of nitrogens with zero attached hydrogens (tertiary/aromatic N) is 2. The zero-order valence-electron chi connectivity index (χ0n) is 13.2. The molecule has 1 amide bonds. The molecule has 4 nitrogen and oxygen atoms in total. The van der Waals surface area contributed by atoms with E-state index in [1.807, 2.05) is 34.5 Å². The summed E-state index contributed by atoms with van der Waals surface area (Å²) in [5.74, 6) is 0.144. The minimum atomic E-state index is 0. The summed E-state index contributed by atoms with van der Waals surface area (Å²) in [6.07, 6.45) is 0.352. The fourth-order valence-electron chi connectivity index (χ4n) is 2.61. The van der Waals surface area contributed by atoms with Gasteiger partial charge in [-0.25, -0.2) is 4.98 Å². The maximum absolute atomic E-state index is 12.4. The first-order chi connectivity index (χ1) is 10.6. The van der Waals surface area contributed by atoms with Crippen molar-refractivity contribution >= 4 is 53.7 Å². The predicted molar refractivity (Wildman–Crippen MR) is 105 cm³/mol. The van der Waals surface area contributed by atoms with Gasteiger partial charge in [0.15, 0.2) is 0 Å². The second kappa shape index (κ2) is 9.59. The van der Waals surface area contributed by atoms with E-state index < -0.39 is 0 Å². The summed E-state index contributed by atoms with van der Waals surface area (Å²) < 4.78 is 0. The van der Waals surface area contributed by atoms with Crippen LogP contribution in [0.4, 0.5) is 0 Å². The molecule has 2 heterocycles. The van der Waals surface area contributed by atoms with Gasteiger partial charge in [-0.1, -0.05) is 29.8 Å². The van der Waals surface area contributed by atoms with E-state index in [-0.39, 0.29) is 36.8 Å². The van der Waals surface area contributed by atoms with Crippen LogP contribution in [0.3, 0.4) is 0 Å². The van der Waals surface area contributed by atoms with Gasteiger partial charge in [-0.2, -0.15) is 0 Å². The Labute approximate surface area is 163 Å². The molecular weight excluding hydrogens is 389 g/mol. The normalized spacial score (nSPS) is 16.9. The molecule has 1 aromatic carbocycles. The van der Waals surface area contributed by atoms with Crippen LogP contribution in [-0.4, -0.2) is 41.5 Å². The molecule has 1 saturated heterocycles. The molecule has 24 heavy (non-hydrogen) atoms. The summed E-state index contributed by atoms with van der Waals surface area (Å²) in [6.45, 7) is 4.55. The fraction of sp³-hybridized carbons (Fsp3) is 0.375. The number of rotatable bonds is 3. The van der Waals surface area contributed by atoms with E-state index >= 15 is 0 Å². The number of amides is 1. The highest BCUT2D eigenvalue weighted by molar-refractivity contribution is 7.13. The van der Waals surface area contributed by atoms with Crippen molar-refractivity contribution in [2.24, 2.45) is 0 Å². The highest BCUT2D eigenvalue weighted by Crippen LogP contribution is 2.30. The van der Waals surface area contributed by atoms with Crippen LogP contribution in [0.25, 0.3) is 10.6 Å². The number of thiazole rings is 1. The Morgan fingerprint density at radius 1 is 1.42 bits per heavy atom. The lowest BCUT2D eigenvalue weighted by Gasteiger charge is -2.33. The van der Waals surface area contributed by atoms with Gasteiger partial charge in [0.1, 0.15) is 5.01 Å². The molecule has 0 saturated carbocycles. The summed E-state index contributed by atoms with van der Waals surface area (Å²) in [7, 11) is 0. The van der Waals surface area contributed by atoms with Gasteiger partial charge in [0.2, 0.25) is 5.91 Å². The molecule has 3 rings (SSSR count). The molecule has 132 valence electrons. The zero-order chi connectivity index (χ0) is 15.5. The first-order valence-electron chi connectivity index (χ1n) is 7.34. The minimum Gasteiger partial charge on any atom is -0.337 e. The Morgan fingerprint density at radius 3 is 2.88 bits per heavy atom. The van der Waals surface area contributed by atoms with Crippen LogP contribution in [0.5, 0.6) is 0 Å². The van der Waals surface area contributed by atoms with Gasteiger partial charge >= 0.3 is 0 Å². The highest BCUT2D eigenvalue weighted by Gasteiger charge is 2.23. The van der Waals surface area contributed by atoms with E-state index in [0.29, 0.717) is 11.4 Å². The molecule has 1 aliphatic rings. The van der Waals surface area contributed by atoms with Gasteiger partial charge < -0.3 is 10.2 Å². The molecular formula is C16H20Cl3N3OS. The van der Waals surface area contributed by atoms with Gasteiger partial charge in [0.25, 0.3) is 0 Å². The van der Waals surface area contributed by atoms with Crippen LogP contribution in [-0.2, 0) is 11.2 Å². The molecule has 1 aromatic heterocycles. The molecule has 0 bridgehead atoms. The fourth-order valence-corrected chi connectivity index (χ4v) is 3.75. The summed E-state index contributed by atoms with van der Waals surface area (Å²) in [4.78, 5) is 18.9. The van der Waals surface area contributed by atoms with Crippen molar-refractivity contribution in [1.29, 1.82) is 0 Å². The monoisotopic (exact) mass is 407 g/mol. The molecule has 8 heteroatoms. The molecule has 0 spiro atoms. The van der Waals surface area contributed by atoms with Crippen LogP contribution in [0.1, 0.15) is 12.6 Å². The lowest BCUT2D eigenvalue weighted by atomic mass is 10.2. The van der Waals surface area contributed by atoms with Crippen molar-refractivity contribution in [1.82, 2.24) is 15.2 Å². The Kier molecular flexibility index (Phi) is 8.46. The van der Waals surface area contributed by atoms with Crippen LogP contribution in [0, 0.1) is 0 Å². The quantitative estimate of drug-likeness (QED) is 0.843. The highest BCUT2D eigenvalue weighted by atomic mass is 35.5. The molecule has 0 aliphatic carbocycles. The molecule has 1 unspecified atom stereocenters. The van der Waals surface area contributed by atoms with Crippen LogP contribution in [0.15, 0.2) is 29.6 Å². The number of hydrogen-bond acceptors (Lipinski definition) is 4. The lowest BCUT2D eigenvalue weighted by molar-refractivity contribution is -0.133. The van der Waals surface area contributed by atoms with Crippen LogP contribution < -0.4 is 5.32 Å². The average Bonchev–Trinajstić information content (AvgIpc) is 2.96. The van der Waals surface area contributed by atoms with E-state index in [0.717, 1.165) is 35.9 Å². The standard InChI is InChI=1S/C16H18ClN3OS.2ClH/c1-11-9-18-6-7-20(11)15(21)8-12-10-22-16(19-12)13-4-2-3-5-14(13)17;;/h2-5,10-11,18H,6-9H2,1H3;2*1H. The Hall–Kier alpha value is -0.850. The van der Waals surface area contributed by atoms with Crippen molar-refractivity contribution in [2.75, 3.05) is 19.6 Å². The van der Waals surface area contributed by atoms with Crippen molar-refractivity contribution in [3.8, 4) is 10.6 Å². The van der Waals surface area contributed by atoms with E-state index in [1.54, 1.807) is 0 Å². The molecule has 1 N–H and O–H groups in total. The van der Waals surface area contributed by atoms with Crippen molar-refractivity contribution in [3.05, 3.63) is 40.4 Å². The van der Waals surface area contributed by atoms with E-state index in [1.165, 1.54) is 11.3 Å². The molecule has 2 aromatic rings. The Morgan fingerprint density at radius 2 is 2.17 bits per heavy atom. The van der Waals surface area contributed by atoms with Gasteiger partial charge in [-0.3, -0.25) is 4.79 Å².